The highest BCUT2D eigenvalue weighted by Crippen LogP contribution is 2.39. The molecule has 17 heavy (non-hydrogen) atoms. The minimum Gasteiger partial charge on any atom is -0.481 e. The van der Waals surface area contributed by atoms with E-state index in [1.54, 1.807) is 0 Å². The lowest BCUT2D eigenvalue weighted by atomic mass is 9.88. The first-order chi connectivity index (χ1) is 8.20. The van der Waals surface area contributed by atoms with Crippen LogP contribution in [0.5, 0.6) is 0 Å². The summed E-state index contributed by atoms with van der Waals surface area (Å²) < 4.78 is 0. The molecule has 2 saturated heterocycles. The predicted octanol–water partition coefficient (Wildman–Crippen LogP) is 2.46. The van der Waals surface area contributed by atoms with Crippen molar-refractivity contribution in [3.63, 3.8) is 0 Å². The van der Waals surface area contributed by atoms with E-state index in [2.05, 4.69) is 11.2 Å². The summed E-state index contributed by atoms with van der Waals surface area (Å²) in [4.78, 5) is 13.4. The van der Waals surface area contributed by atoms with Crippen LogP contribution >= 0.6 is 11.8 Å². The van der Waals surface area contributed by atoms with Crippen LogP contribution in [0, 0.1) is 5.92 Å². The van der Waals surface area contributed by atoms with Crippen molar-refractivity contribution in [1.82, 2.24) is 4.90 Å². The Bertz CT molecular complexity index is 258. The van der Waals surface area contributed by atoms with Gasteiger partial charge in [-0.25, -0.2) is 0 Å². The summed E-state index contributed by atoms with van der Waals surface area (Å²) >= 11 is 1.92. The van der Waals surface area contributed by atoms with Gasteiger partial charge in [-0.15, -0.1) is 0 Å². The lowest BCUT2D eigenvalue weighted by molar-refractivity contribution is -0.138. The van der Waals surface area contributed by atoms with Crippen LogP contribution in [-0.2, 0) is 4.79 Å². The predicted molar refractivity (Wildman–Crippen MR) is 71.5 cm³/mol. The van der Waals surface area contributed by atoms with Gasteiger partial charge in [0.25, 0.3) is 0 Å². The fourth-order valence-electron chi connectivity index (χ4n) is 3.56. The first kappa shape index (κ1) is 13.2. The Morgan fingerprint density at radius 1 is 1.35 bits per heavy atom. The molecule has 2 fully saturated rings. The average Bonchev–Trinajstić information content (AvgIpc) is 2.51. The monoisotopic (exact) mass is 257 g/mol. The molecule has 0 radical (unpaired) electrons. The molecule has 2 unspecified atom stereocenters. The Kier molecular flexibility index (Phi) is 4.74. The van der Waals surface area contributed by atoms with Crippen molar-refractivity contribution < 1.29 is 9.90 Å². The molecule has 4 heteroatoms. The zero-order valence-corrected chi connectivity index (χ0v) is 11.4. The molecule has 0 saturated carbocycles. The quantitative estimate of drug-likeness (QED) is 0.742. The molecule has 2 aliphatic heterocycles. The molecule has 98 valence electrons. The van der Waals surface area contributed by atoms with Gasteiger partial charge in [0.05, 0.1) is 0 Å². The topological polar surface area (TPSA) is 40.5 Å². The third-order valence-corrected chi connectivity index (χ3v) is 4.91. The van der Waals surface area contributed by atoms with Gasteiger partial charge in [0, 0.05) is 18.5 Å². The second-order valence-electron chi connectivity index (χ2n) is 5.40. The summed E-state index contributed by atoms with van der Waals surface area (Å²) in [5.74, 6) is 1.06. The smallest absolute Gasteiger partial charge is 0.303 e. The molecular formula is C13H23NO2S. The second-order valence-corrected chi connectivity index (χ2v) is 6.39. The fraction of sp³-hybridized carbons (Fsp3) is 0.923. The van der Waals surface area contributed by atoms with Gasteiger partial charge < -0.3 is 5.11 Å². The zero-order chi connectivity index (χ0) is 12.3. The van der Waals surface area contributed by atoms with E-state index in [1.165, 1.54) is 31.6 Å². The Balaban J connectivity index is 1.82. The maximum absolute atomic E-state index is 10.8. The van der Waals surface area contributed by atoms with Crippen LogP contribution in [-0.4, -0.2) is 46.6 Å². The molecule has 2 atom stereocenters. The average molecular weight is 257 g/mol. The molecule has 2 bridgehead atoms. The minimum atomic E-state index is -0.620. The number of rotatable bonds is 6. The van der Waals surface area contributed by atoms with Crippen molar-refractivity contribution in [3.8, 4) is 0 Å². The van der Waals surface area contributed by atoms with Gasteiger partial charge in [-0.3, -0.25) is 9.69 Å². The van der Waals surface area contributed by atoms with Gasteiger partial charge in [0.1, 0.15) is 0 Å². The molecule has 0 aliphatic carbocycles. The molecule has 2 heterocycles. The van der Waals surface area contributed by atoms with Crippen LogP contribution in [0.1, 0.15) is 38.5 Å². The lowest BCUT2D eigenvalue weighted by Gasteiger charge is -2.38. The van der Waals surface area contributed by atoms with E-state index in [0.29, 0.717) is 24.4 Å². The Morgan fingerprint density at radius 3 is 2.53 bits per heavy atom. The van der Waals surface area contributed by atoms with Crippen LogP contribution < -0.4 is 0 Å². The van der Waals surface area contributed by atoms with Crippen molar-refractivity contribution in [2.24, 2.45) is 5.92 Å². The van der Waals surface area contributed by atoms with E-state index in [9.17, 15) is 4.79 Å². The number of carboxylic acid groups (broad SMARTS) is 1. The van der Waals surface area contributed by atoms with Gasteiger partial charge in [0.15, 0.2) is 0 Å². The molecule has 2 rings (SSSR count). The largest absolute Gasteiger partial charge is 0.481 e. The van der Waals surface area contributed by atoms with E-state index < -0.39 is 5.97 Å². The van der Waals surface area contributed by atoms with Crippen molar-refractivity contribution in [2.45, 2.75) is 50.6 Å². The number of carboxylic acids is 1. The maximum Gasteiger partial charge on any atom is 0.303 e. The van der Waals surface area contributed by atoms with Crippen LogP contribution in [0.2, 0.25) is 0 Å². The maximum atomic E-state index is 10.8. The minimum absolute atomic E-state index is 0.381. The number of piperidine rings is 1. The second kappa shape index (κ2) is 6.10. The molecule has 0 aromatic heterocycles. The summed E-state index contributed by atoms with van der Waals surface area (Å²) in [6.07, 6.45) is 8.63. The highest BCUT2D eigenvalue weighted by Gasteiger charge is 2.40. The fourth-order valence-corrected chi connectivity index (χ4v) is 3.97. The number of carbonyl (C=O) groups is 1. The Hall–Kier alpha value is -0.220. The SMILES string of the molecule is CSCCCN1C2CCC1CC(CC(=O)O)C2. The van der Waals surface area contributed by atoms with E-state index in [4.69, 9.17) is 5.11 Å². The van der Waals surface area contributed by atoms with Gasteiger partial charge >= 0.3 is 5.97 Å². The normalized spacial score (nSPS) is 32.9. The number of aliphatic carboxylic acids is 1. The number of fused-ring (bicyclic) bond motifs is 2. The van der Waals surface area contributed by atoms with Crippen LogP contribution in [0.3, 0.4) is 0 Å². The van der Waals surface area contributed by atoms with Crippen molar-refractivity contribution in [1.29, 1.82) is 0 Å². The molecule has 0 spiro atoms. The van der Waals surface area contributed by atoms with Crippen LogP contribution in [0.25, 0.3) is 0 Å². The Morgan fingerprint density at radius 2 is 2.00 bits per heavy atom. The van der Waals surface area contributed by atoms with Gasteiger partial charge in [-0.05, 0) is 56.6 Å². The summed E-state index contributed by atoms with van der Waals surface area (Å²) in [7, 11) is 0. The van der Waals surface area contributed by atoms with E-state index in [1.807, 2.05) is 11.8 Å². The van der Waals surface area contributed by atoms with E-state index >= 15 is 0 Å². The van der Waals surface area contributed by atoms with Gasteiger partial charge in [-0.1, -0.05) is 0 Å². The lowest BCUT2D eigenvalue weighted by Crippen LogP contribution is -2.43. The summed E-state index contributed by atoms with van der Waals surface area (Å²) in [5, 5.41) is 8.88. The highest BCUT2D eigenvalue weighted by molar-refractivity contribution is 7.98. The Labute approximate surface area is 108 Å². The zero-order valence-electron chi connectivity index (χ0n) is 10.6. The standard InChI is InChI=1S/C13H23NO2S/c1-17-6-2-5-14-11-3-4-12(14)8-10(7-11)9-13(15)16/h10-12H,2-9H2,1H3,(H,15,16). The summed E-state index contributed by atoms with van der Waals surface area (Å²) in [6, 6.07) is 1.36. The number of hydrogen-bond acceptors (Lipinski definition) is 3. The molecule has 0 aromatic rings. The highest BCUT2D eigenvalue weighted by atomic mass is 32.2. The van der Waals surface area contributed by atoms with Crippen molar-refractivity contribution in [2.75, 3.05) is 18.6 Å². The summed E-state index contributed by atoms with van der Waals surface area (Å²) in [6.45, 7) is 1.22. The van der Waals surface area contributed by atoms with Gasteiger partial charge in [0.2, 0.25) is 0 Å². The van der Waals surface area contributed by atoms with Gasteiger partial charge in [-0.2, -0.15) is 11.8 Å². The molecular weight excluding hydrogens is 234 g/mol. The van der Waals surface area contributed by atoms with Crippen molar-refractivity contribution in [3.05, 3.63) is 0 Å². The molecule has 0 aromatic carbocycles. The number of thioether (sulfide) groups is 1. The first-order valence-corrected chi connectivity index (χ1v) is 8.06. The van der Waals surface area contributed by atoms with Crippen LogP contribution in [0.4, 0.5) is 0 Å². The van der Waals surface area contributed by atoms with Crippen LogP contribution in [0.15, 0.2) is 0 Å². The summed E-state index contributed by atoms with van der Waals surface area (Å²) in [5.41, 5.74) is 0. The van der Waals surface area contributed by atoms with E-state index in [-0.39, 0.29) is 0 Å². The molecule has 0 amide bonds. The molecule has 2 aliphatic rings. The molecule has 1 N–H and O–H groups in total. The third-order valence-electron chi connectivity index (χ3n) is 4.21. The van der Waals surface area contributed by atoms with E-state index in [0.717, 1.165) is 12.8 Å². The van der Waals surface area contributed by atoms with Crippen molar-refractivity contribution >= 4 is 17.7 Å². The number of hydrogen-bond donors (Lipinski definition) is 1. The number of nitrogens with zero attached hydrogens (tertiary/aromatic N) is 1. The third kappa shape index (κ3) is 3.38. The first-order valence-electron chi connectivity index (χ1n) is 6.67. The molecule has 3 nitrogen and oxygen atoms in total.